The molecule has 0 radical (unpaired) electrons. The van der Waals surface area contributed by atoms with Crippen molar-refractivity contribution in [2.75, 3.05) is 24.6 Å². The fourth-order valence-corrected chi connectivity index (χ4v) is 2.81. The fraction of sp³-hybridized carbons (Fsp3) is 0.625. The molecule has 0 spiro atoms. The summed E-state index contributed by atoms with van der Waals surface area (Å²) in [7, 11) is 0. The van der Waals surface area contributed by atoms with Gasteiger partial charge in [-0.05, 0) is 37.8 Å². The van der Waals surface area contributed by atoms with Crippen molar-refractivity contribution in [1.29, 1.82) is 0 Å². The normalized spacial score (nSPS) is 18.6. The van der Waals surface area contributed by atoms with E-state index in [-0.39, 0.29) is 6.04 Å². The molecule has 0 aliphatic carbocycles. The third-order valence-corrected chi connectivity index (χ3v) is 3.96. The average molecular weight is 262 g/mol. The zero-order valence-electron chi connectivity index (χ0n) is 12.1. The minimum Gasteiger partial charge on any atom is -0.378 e. The average Bonchev–Trinajstić information content (AvgIpc) is 2.47. The van der Waals surface area contributed by atoms with Gasteiger partial charge in [-0.1, -0.05) is 25.1 Å². The lowest BCUT2D eigenvalue weighted by Crippen LogP contribution is -2.37. The number of para-hydroxylation sites is 1. The molecule has 1 aliphatic rings. The Hall–Kier alpha value is -1.06. The van der Waals surface area contributed by atoms with Gasteiger partial charge >= 0.3 is 0 Å². The number of nitrogens with zero attached hydrogens (tertiary/aromatic N) is 1. The highest BCUT2D eigenvalue weighted by atomic mass is 16.5. The molecule has 1 fully saturated rings. The van der Waals surface area contributed by atoms with E-state index in [2.05, 4.69) is 43.0 Å². The summed E-state index contributed by atoms with van der Waals surface area (Å²) < 4.78 is 5.71. The van der Waals surface area contributed by atoms with Crippen molar-refractivity contribution in [2.45, 2.75) is 45.3 Å². The number of piperidine rings is 1. The van der Waals surface area contributed by atoms with Crippen LogP contribution < -0.4 is 10.6 Å². The van der Waals surface area contributed by atoms with Gasteiger partial charge < -0.3 is 15.4 Å². The SMILES string of the molecule is CCOC1CCN(c2ccccc2[C@H](N)CC)CC1. The van der Waals surface area contributed by atoms with Crippen LogP contribution in [0.1, 0.15) is 44.7 Å². The van der Waals surface area contributed by atoms with Crippen LogP contribution in [0, 0.1) is 0 Å². The van der Waals surface area contributed by atoms with E-state index in [1.807, 2.05) is 0 Å². The number of hydrogen-bond acceptors (Lipinski definition) is 3. The minimum absolute atomic E-state index is 0.140. The molecule has 1 aliphatic heterocycles. The van der Waals surface area contributed by atoms with Gasteiger partial charge in [-0.15, -0.1) is 0 Å². The summed E-state index contributed by atoms with van der Waals surface area (Å²) in [6.45, 7) is 7.17. The van der Waals surface area contributed by atoms with Crippen LogP contribution in [0.25, 0.3) is 0 Å². The summed E-state index contributed by atoms with van der Waals surface area (Å²) in [4.78, 5) is 2.46. The predicted octanol–water partition coefficient (Wildman–Crippen LogP) is 3.10. The minimum atomic E-state index is 0.140. The van der Waals surface area contributed by atoms with Crippen LogP contribution in [0.2, 0.25) is 0 Å². The first-order valence-corrected chi connectivity index (χ1v) is 7.47. The van der Waals surface area contributed by atoms with Crippen LogP contribution in [0.15, 0.2) is 24.3 Å². The second-order valence-corrected chi connectivity index (χ2v) is 5.22. The van der Waals surface area contributed by atoms with E-state index >= 15 is 0 Å². The molecule has 1 aromatic carbocycles. The van der Waals surface area contributed by atoms with E-state index in [0.29, 0.717) is 6.10 Å². The van der Waals surface area contributed by atoms with Crippen LogP contribution in [0.3, 0.4) is 0 Å². The summed E-state index contributed by atoms with van der Waals surface area (Å²) in [6.07, 6.45) is 3.65. The number of nitrogens with two attached hydrogens (primary N) is 1. The number of anilines is 1. The lowest BCUT2D eigenvalue weighted by Gasteiger charge is -2.35. The second kappa shape index (κ2) is 6.92. The highest BCUT2D eigenvalue weighted by molar-refractivity contribution is 5.55. The monoisotopic (exact) mass is 262 g/mol. The molecule has 2 N–H and O–H groups in total. The van der Waals surface area contributed by atoms with Crippen molar-refractivity contribution in [3.63, 3.8) is 0 Å². The van der Waals surface area contributed by atoms with Crippen LogP contribution >= 0.6 is 0 Å². The van der Waals surface area contributed by atoms with Crippen LogP contribution in [0.5, 0.6) is 0 Å². The summed E-state index contributed by atoms with van der Waals surface area (Å²) in [5.74, 6) is 0. The Labute approximate surface area is 116 Å². The summed E-state index contributed by atoms with van der Waals surface area (Å²) in [5, 5.41) is 0. The fourth-order valence-electron chi connectivity index (χ4n) is 2.81. The van der Waals surface area contributed by atoms with Crippen LogP contribution in [-0.2, 0) is 4.74 Å². The molecule has 2 rings (SSSR count). The molecule has 0 saturated carbocycles. The summed E-state index contributed by atoms with van der Waals surface area (Å²) in [6, 6.07) is 8.70. The topological polar surface area (TPSA) is 38.5 Å². The third kappa shape index (κ3) is 3.48. The lowest BCUT2D eigenvalue weighted by molar-refractivity contribution is 0.0459. The largest absolute Gasteiger partial charge is 0.378 e. The standard InChI is InChI=1S/C16H26N2O/c1-3-15(17)14-7-5-6-8-16(14)18-11-9-13(10-12-18)19-4-2/h5-8,13,15H,3-4,9-12,17H2,1-2H3/t15-/m1/s1. The molecule has 0 amide bonds. The maximum Gasteiger partial charge on any atom is 0.0608 e. The first-order chi connectivity index (χ1) is 9.26. The number of hydrogen-bond donors (Lipinski definition) is 1. The van der Waals surface area contributed by atoms with E-state index in [4.69, 9.17) is 10.5 Å². The van der Waals surface area contributed by atoms with Gasteiger partial charge in [0.05, 0.1) is 6.10 Å². The lowest BCUT2D eigenvalue weighted by atomic mass is 10.00. The van der Waals surface area contributed by atoms with E-state index in [1.165, 1.54) is 11.3 Å². The van der Waals surface area contributed by atoms with E-state index in [9.17, 15) is 0 Å². The van der Waals surface area contributed by atoms with E-state index < -0.39 is 0 Å². The van der Waals surface area contributed by atoms with Crippen LogP contribution in [0.4, 0.5) is 5.69 Å². The Morgan fingerprint density at radius 2 is 1.95 bits per heavy atom. The van der Waals surface area contributed by atoms with E-state index in [1.54, 1.807) is 0 Å². The van der Waals surface area contributed by atoms with Crippen molar-refractivity contribution in [1.82, 2.24) is 0 Å². The predicted molar refractivity (Wildman–Crippen MR) is 80.5 cm³/mol. The van der Waals surface area contributed by atoms with Crippen molar-refractivity contribution >= 4 is 5.69 Å². The van der Waals surface area contributed by atoms with Gasteiger partial charge in [-0.3, -0.25) is 0 Å². The molecule has 0 unspecified atom stereocenters. The van der Waals surface area contributed by atoms with E-state index in [0.717, 1.165) is 39.0 Å². The van der Waals surface area contributed by atoms with Crippen LogP contribution in [-0.4, -0.2) is 25.8 Å². The number of rotatable bonds is 5. The molecule has 19 heavy (non-hydrogen) atoms. The van der Waals surface area contributed by atoms with Gasteiger partial charge in [0.1, 0.15) is 0 Å². The zero-order chi connectivity index (χ0) is 13.7. The number of benzene rings is 1. The molecule has 1 atom stereocenters. The molecule has 0 bridgehead atoms. The van der Waals surface area contributed by atoms with Gasteiger partial charge in [0.2, 0.25) is 0 Å². The van der Waals surface area contributed by atoms with Gasteiger partial charge in [-0.2, -0.15) is 0 Å². The first kappa shape index (κ1) is 14.4. The summed E-state index contributed by atoms with van der Waals surface area (Å²) in [5.41, 5.74) is 8.81. The quantitative estimate of drug-likeness (QED) is 0.886. The van der Waals surface area contributed by atoms with Crippen molar-refractivity contribution in [3.8, 4) is 0 Å². The molecule has 1 heterocycles. The molecular formula is C16H26N2O. The molecule has 3 nitrogen and oxygen atoms in total. The first-order valence-electron chi connectivity index (χ1n) is 7.47. The summed E-state index contributed by atoms with van der Waals surface area (Å²) >= 11 is 0. The highest BCUT2D eigenvalue weighted by Crippen LogP contribution is 2.29. The van der Waals surface area contributed by atoms with Crippen molar-refractivity contribution in [2.24, 2.45) is 5.73 Å². The highest BCUT2D eigenvalue weighted by Gasteiger charge is 2.22. The maximum absolute atomic E-state index is 6.23. The molecule has 3 heteroatoms. The molecule has 0 aromatic heterocycles. The Balaban J connectivity index is 2.07. The molecular weight excluding hydrogens is 236 g/mol. The Morgan fingerprint density at radius 1 is 1.26 bits per heavy atom. The maximum atomic E-state index is 6.23. The van der Waals surface area contributed by atoms with Gasteiger partial charge in [0.25, 0.3) is 0 Å². The second-order valence-electron chi connectivity index (χ2n) is 5.22. The Bertz CT molecular complexity index is 386. The van der Waals surface area contributed by atoms with Crippen molar-refractivity contribution < 1.29 is 4.74 Å². The molecule has 1 aromatic rings. The third-order valence-electron chi connectivity index (χ3n) is 3.96. The zero-order valence-corrected chi connectivity index (χ0v) is 12.1. The number of ether oxygens (including phenoxy) is 1. The smallest absolute Gasteiger partial charge is 0.0608 e. The Morgan fingerprint density at radius 3 is 2.58 bits per heavy atom. The molecule has 106 valence electrons. The van der Waals surface area contributed by atoms with Crippen molar-refractivity contribution in [3.05, 3.63) is 29.8 Å². The Kier molecular flexibility index (Phi) is 5.23. The van der Waals surface area contributed by atoms with Gasteiger partial charge in [0.15, 0.2) is 0 Å². The van der Waals surface area contributed by atoms with Gasteiger partial charge in [0, 0.05) is 31.4 Å². The van der Waals surface area contributed by atoms with Gasteiger partial charge in [-0.25, -0.2) is 0 Å². The molecule has 1 saturated heterocycles.